The molecule has 0 unspecified atom stereocenters. The van der Waals surface area contributed by atoms with Gasteiger partial charge >= 0.3 is 12.2 Å². The summed E-state index contributed by atoms with van der Waals surface area (Å²) < 4.78 is 41.8. The van der Waals surface area contributed by atoms with Gasteiger partial charge < -0.3 is 4.42 Å². The van der Waals surface area contributed by atoms with Crippen LogP contribution in [0.25, 0.3) is 10.9 Å². The Bertz CT molecular complexity index is 801. The summed E-state index contributed by atoms with van der Waals surface area (Å²) in [6.45, 7) is 0. The van der Waals surface area contributed by atoms with E-state index in [1.165, 1.54) is 0 Å². The van der Waals surface area contributed by atoms with Gasteiger partial charge in [-0.05, 0) is 18.2 Å². The molecule has 0 saturated carbocycles. The molecule has 3 rings (SSSR count). The van der Waals surface area contributed by atoms with Crippen LogP contribution in [0.2, 0.25) is 5.02 Å². The minimum Gasteiger partial charge on any atom is -0.419 e. The molecule has 0 atom stereocenters. The SMILES string of the molecule is FC(F)(F)c1cnc(Nc2ccc3cccc(Cl)c3n2)o1. The second kappa shape index (κ2) is 4.92. The van der Waals surface area contributed by atoms with Crippen LogP contribution in [-0.4, -0.2) is 9.97 Å². The highest BCUT2D eigenvalue weighted by Gasteiger charge is 2.35. The Hall–Kier alpha value is -2.28. The Balaban J connectivity index is 1.91. The summed E-state index contributed by atoms with van der Waals surface area (Å²) in [5, 5.41) is 3.83. The molecule has 21 heavy (non-hydrogen) atoms. The standard InChI is InChI=1S/C13H7ClF3N3O/c14-8-3-1-2-7-4-5-10(19-11(7)8)20-12-18-6-9(21-12)13(15,16)17/h1-6H,(H,18,19,20). The summed E-state index contributed by atoms with van der Waals surface area (Å²) in [4.78, 5) is 7.73. The molecule has 1 N–H and O–H groups in total. The van der Waals surface area contributed by atoms with Crippen LogP contribution in [-0.2, 0) is 6.18 Å². The lowest BCUT2D eigenvalue weighted by Crippen LogP contribution is -2.02. The third-order valence-corrected chi connectivity index (χ3v) is 3.00. The molecule has 0 fully saturated rings. The number of nitrogens with zero attached hydrogens (tertiary/aromatic N) is 2. The lowest BCUT2D eigenvalue weighted by molar-refractivity contribution is -0.152. The number of fused-ring (bicyclic) bond motifs is 1. The van der Waals surface area contributed by atoms with E-state index in [2.05, 4.69) is 19.7 Å². The van der Waals surface area contributed by atoms with Gasteiger partial charge in [0.15, 0.2) is 0 Å². The zero-order valence-electron chi connectivity index (χ0n) is 10.3. The van der Waals surface area contributed by atoms with Gasteiger partial charge in [-0.25, -0.2) is 9.97 Å². The summed E-state index contributed by atoms with van der Waals surface area (Å²) in [5.74, 6) is -0.894. The molecule has 3 aromatic rings. The van der Waals surface area contributed by atoms with E-state index >= 15 is 0 Å². The van der Waals surface area contributed by atoms with Crippen molar-refractivity contribution in [1.29, 1.82) is 0 Å². The summed E-state index contributed by atoms with van der Waals surface area (Å²) in [6, 6.07) is 8.32. The molecular weight excluding hydrogens is 307 g/mol. The Morgan fingerprint density at radius 2 is 1.95 bits per heavy atom. The average Bonchev–Trinajstić information content (AvgIpc) is 2.88. The Morgan fingerprint density at radius 1 is 1.14 bits per heavy atom. The zero-order chi connectivity index (χ0) is 15.0. The van der Waals surface area contributed by atoms with Crippen molar-refractivity contribution in [3.63, 3.8) is 0 Å². The molecule has 0 spiro atoms. The Kier molecular flexibility index (Phi) is 3.21. The third kappa shape index (κ3) is 2.78. The number of aromatic nitrogens is 2. The summed E-state index contributed by atoms with van der Waals surface area (Å²) in [7, 11) is 0. The van der Waals surface area contributed by atoms with Gasteiger partial charge in [0.25, 0.3) is 0 Å². The number of oxazole rings is 1. The van der Waals surface area contributed by atoms with Gasteiger partial charge in [0.1, 0.15) is 5.82 Å². The van der Waals surface area contributed by atoms with Crippen LogP contribution in [0, 0.1) is 0 Å². The van der Waals surface area contributed by atoms with Gasteiger partial charge in [-0.15, -0.1) is 0 Å². The molecule has 8 heteroatoms. The van der Waals surface area contributed by atoms with Gasteiger partial charge in [0, 0.05) is 5.39 Å². The number of halogens is 4. The number of anilines is 2. The molecule has 0 saturated heterocycles. The predicted octanol–water partition coefficient (Wildman–Crippen LogP) is 4.64. The van der Waals surface area contributed by atoms with Crippen LogP contribution in [0.1, 0.15) is 5.76 Å². The number of benzene rings is 1. The molecular formula is C13H7ClF3N3O. The van der Waals surface area contributed by atoms with Crippen LogP contribution in [0.4, 0.5) is 25.0 Å². The zero-order valence-corrected chi connectivity index (χ0v) is 11.0. The highest BCUT2D eigenvalue weighted by Crippen LogP contribution is 2.31. The maximum Gasteiger partial charge on any atom is 0.451 e. The van der Waals surface area contributed by atoms with Gasteiger partial charge in [0.2, 0.25) is 5.76 Å². The summed E-state index contributed by atoms with van der Waals surface area (Å²) in [5.41, 5.74) is 0.534. The number of para-hydroxylation sites is 1. The van der Waals surface area contributed by atoms with Gasteiger partial charge in [0.05, 0.1) is 16.7 Å². The van der Waals surface area contributed by atoms with E-state index < -0.39 is 11.9 Å². The first-order valence-electron chi connectivity index (χ1n) is 5.79. The first-order chi connectivity index (χ1) is 9.93. The van der Waals surface area contributed by atoms with Crippen LogP contribution >= 0.6 is 11.6 Å². The van der Waals surface area contributed by atoms with E-state index in [1.54, 1.807) is 24.3 Å². The molecule has 0 aliphatic carbocycles. The minimum atomic E-state index is -4.58. The number of pyridine rings is 1. The van der Waals surface area contributed by atoms with Crippen LogP contribution in [0.15, 0.2) is 40.9 Å². The fourth-order valence-corrected chi connectivity index (χ4v) is 1.98. The smallest absolute Gasteiger partial charge is 0.419 e. The van der Waals surface area contributed by atoms with Crippen molar-refractivity contribution < 1.29 is 17.6 Å². The Labute approximate surface area is 121 Å². The lowest BCUT2D eigenvalue weighted by Gasteiger charge is -2.04. The fourth-order valence-electron chi connectivity index (χ4n) is 1.75. The van der Waals surface area contributed by atoms with E-state index in [4.69, 9.17) is 11.6 Å². The van der Waals surface area contributed by atoms with Crippen molar-refractivity contribution in [1.82, 2.24) is 9.97 Å². The van der Waals surface area contributed by atoms with Crippen molar-refractivity contribution in [3.8, 4) is 0 Å². The largest absolute Gasteiger partial charge is 0.451 e. The number of alkyl halides is 3. The number of hydrogen-bond acceptors (Lipinski definition) is 4. The number of nitrogens with one attached hydrogen (secondary N) is 1. The van der Waals surface area contributed by atoms with Crippen molar-refractivity contribution in [2.75, 3.05) is 5.32 Å². The average molecular weight is 314 g/mol. The highest BCUT2D eigenvalue weighted by atomic mass is 35.5. The molecule has 2 aromatic heterocycles. The third-order valence-electron chi connectivity index (χ3n) is 2.69. The van der Waals surface area contributed by atoms with E-state index in [9.17, 15) is 13.2 Å². The quantitative estimate of drug-likeness (QED) is 0.749. The second-order valence-electron chi connectivity index (χ2n) is 4.16. The second-order valence-corrected chi connectivity index (χ2v) is 4.57. The molecule has 0 radical (unpaired) electrons. The van der Waals surface area contributed by atoms with Crippen molar-refractivity contribution in [3.05, 3.63) is 47.3 Å². The molecule has 4 nitrogen and oxygen atoms in total. The molecule has 0 amide bonds. The van der Waals surface area contributed by atoms with Crippen molar-refractivity contribution >= 4 is 34.3 Å². The maximum atomic E-state index is 12.4. The first kappa shape index (κ1) is 13.7. The lowest BCUT2D eigenvalue weighted by atomic mass is 10.2. The fraction of sp³-hybridized carbons (Fsp3) is 0.0769. The van der Waals surface area contributed by atoms with Gasteiger partial charge in [-0.1, -0.05) is 23.7 Å². The molecule has 2 heterocycles. The van der Waals surface area contributed by atoms with E-state index in [1.807, 2.05) is 6.07 Å². The monoisotopic (exact) mass is 313 g/mol. The van der Waals surface area contributed by atoms with Crippen molar-refractivity contribution in [2.45, 2.75) is 6.18 Å². The van der Waals surface area contributed by atoms with Crippen LogP contribution in [0.3, 0.4) is 0 Å². The molecule has 0 aliphatic rings. The Morgan fingerprint density at radius 3 is 2.67 bits per heavy atom. The highest BCUT2D eigenvalue weighted by molar-refractivity contribution is 6.35. The van der Waals surface area contributed by atoms with E-state index in [0.717, 1.165) is 5.39 Å². The predicted molar refractivity (Wildman–Crippen MR) is 71.5 cm³/mol. The van der Waals surface area contributed by atoms with E-state index in [-0.39, 0.29) is 11.8 Å². The van der Waals surface area contributed by atoms with Crippen LogP contribution in [0.5, 0.6) is 0 Å². The number of rotatable bonds is 2. The van der Waals surface area contributed by atoms with Gasteiger partial charge in [-0.3, -0.25) is 5.32 Å². The molecule has 0 aliphatic heterocycles. The first-order valence-corrected chi connectivity index (χ1v) is 6.16. The molecule has 0 bridgehead atoms. The van der Waals surface area contributed by atoms with Crippen LogP contribution < -0.4 is 5.32 Å². The van der Waals surface area contributed by atoms with Gasteiger partial charge in [-0.2, -0.15) is 13.2 Å². The van der Waals surface area contributed by atoms with E-state index in [0.29, 0.717) is 16.7 Å². The minimum absolute atomic E-state index is 0.283. The molecule has 1 aromatic carbocycles. The summed E-state index contributed by atoms with van der Waals surface area (Å²) >= 11 is 6.02. The normalized spacial score (nSPS) is 11.8. The van der Waals surface area contributed by atoms with Crippen molar-refractivity contribution in [2.24, 2.45) is 0 Å². The maximum absolute atomic E-state index is 12.4. The number of hydrogen-bond donors (Lipinski definition) is 1. The molecule has 108 valence electrons. The topological polar surface area (TPSA) is 51.0 Å². The summed E-state index contributed by atoms with van der Waals surface area (Å²) in [6.07, 6.45) is -3.97.